The fraction of sp³-hybridized carbons (Fsp3) is 0.588. The Kier molecular flexibility index (Phi) is 7.83. The van der Waals surface area contributed by atoms with E-state index in [1.807, 2.05) is 31.2 Å². The molecule has 0 aliphatic heterocycles. The standard InChI is InChI=1S/C17H28N2O2/c1-4-14(5-2)16(18)12-19-17(20)9-10-21-15-8-6-7-13(3)11-15/h6-8,11,14,16H,4-5,9-10,12,18H2,1-3H3,(H,19,20). The molecule has 1 aromatic carbocycles. The minimum absolute atomic E-state index is 0.0101. The van der Waals surface area contributed by atoms with Gasteiger partial charge in [-0.3, -0.25) is 4.79 Å². The maximum absolute atomic E-state index is 11.8. The summed E-state index contributed by atoms with van der Waals surface area (Å²) in [7, 11) is 0. The number of rotatable bonds is 9. The van der Waals surface area contributed by atoms with Crippen molar-refractivity contribution in [3.8, 4) is 5.75 Å². The highest BCUT2D eigenvalue weighted by Gasteiger charge is 2.14. The molecular formula is C17H28N2O2. The molecule has 21 heavy (non-hydrogen) atoms. The van der Waals surface area contributed by atoms with Gasteiger partial charge in [0.05, 0.1) is 13.0 Å². The molecule has 1 aromatic rings. The molecule has 118 valence electrons. The summed E-state index contributed by atoms with van der Waals surface area (Å²) in [5.41, 5.74) is 7.22. The average molecular weight is 292 g/mol. The average Bonchev–Trinajstić information content (AvgIpc) is 2.46. The van der Waals surface area contributed by atoms with Crippen molar-refractivity contribution in [3.63, 3.8) is 0 Å². The van der Waals surface area contributed by atoms with Crippen LogP contribution in [-0.2, 0) is 4.79 Å². The van der Waals surface area contributed by atoms with Crippen LogP contribution in [-0.4, -0.2) is 25.1 Å². The second-order valence-electron chi connectivity index (χ2n) is 5.46. The highest BCUT2D eigenvalue weighted by atomic mass is 16.5. The van der Waals surface area contributed by atoms with Crippen molar-refractivity contribution in [1.29, 1.82) is 0 Å². The Bertz CT molecular complexity index is 431. The molecule has 0 radical (unpaired) electrons. The molecule has 0 saturated heterocycles. The van der Waals surface area contributed by atoms with E-state index in [1.165, 1.54) is 0 Å². The summed E-state index contributed by atoms with van der Waals surface area (Å²) < 4.78 is 5.56. The maximum atomic E-state index is 11.8. The van der Waals surface area contributed by atoms with E-state index in [4.69, 9.17) is 10.5 Å². The summed E-state index contributed by atoms with van der Waals surface area (Å²) in [6.07, 6.45) is 2.44. The molecule has 0 heterocycles. The molecule has 4 heteroatoms. The van der Waals surface area contributed by atoms with Gasteiger partial charge in [0, 0.05) is 12.6 Å². The summed E-state index contributed by atoms with van der Waals surface area (Å²) in [4.78, 5) is 11.8. The molecule has 0 aliphatic rings. The first-order chi connectivity index (χ1) is 10.1. The molecule has 1 rings (SSSR count). The SMILES string of the molecule is CCC(CC)C(N)CNC(=O)CCOc1cccc(C)c1. The highest BCUT2D eigenvalue weighted by Crippen LogP contribution is 2.12. The molecule has 1 amide bonds. The van der Waals surface area contributed by atoms with Crippen LogP contribution in [0.4, 0.5) is 0 Å². The molecule has 0 aromatic heterocycles. The van der Waals surface area contributed by atoms with Crippen LogP contribution in [0, 0.1) is 12.8 Å². The Labute approximate surface area is 128 Å². The Hall–Kier alpha value is -1.55. The monoisotopic (exact) mass is 292 g/mol. The van der Waals surface area contributed by atoms with Gasteiger partial charge in [-0.25, -0.2) is 0 Å². The summed E-state index contributed by atoms with van der Waals surface area (Å²) in [5.74, 6) is 1.26. The number of aryl methyl sites for hydroxylation is 1. The van der Waals surface area contributed by atoms with Gasteiger partial charge in [0.15, 0.2) is 0 Å². The minimum Gasteiger partial charge on any atom is -0.493 e. The van der Waals surface area contributed by atoms with E-state index in [9.17, 15) is 4.79 Å². The van der Waals surface area contributed by atoms with Crippen molar-refractivity contribution >= 4 is 5.91 Å². The van der Waals surface area contributed by atoms with Crippen molar-refractivity contribution < 1.29 is 9.53 Å². The van der Waals surface area contributed by atoms with Gasteiger partial charge in [0.25, 0.3) is 0 Å². The minimum atomic E-state index is -0.0101. The van der Waals surface area contributed by atoms with Gasteiger partial charge in [-0.15, -0.1) is 0 Å². The van der Waals surface area contributed by atoms with Crippen LogP contribution in [0.1, 0.15) is 38.7 Å². The molecular weight excluding hydrogens is 264 g/mol. The van der Waals surface area contributed by atoms with Gasteiger partial charge < -0.3 is 15.8 Å². The zero-order valence-electron chi connectivity index (χ0n) is 13.4. The van der Waals surface area contributed by atoms with Gasteiger partial charge in [-0.05, 0) is 30.5 Å². The zero-order chi connectivity index (χ0) is 15.7. The van der Waals surface area contributed by atoms with Gasteiger partial charge in [0.2, 0.25) is 5.91 Å². The van der Waals surface area contributed by atoms with Crippen LogP contribution in [0.2, 0.25) is 0 Å². The lowest BCUT2D eigenvalue weighted by atomic mass is 9.95. The first kappa shape index (κ1) is 17.5. The smallest absolute Gasteiger partial charge is 0.223 e. The molecule has 1 atom stereocenters. The molecule has 4 nitrogen and oxygen atoms in total. The van der Waals surface area contributed by atoms with E-state index in [2.05, 4.69) is 19.2 Å². The normalized spacial score (nSPS) is 12.2. The zero-order valence-corrected chi connectivity index (χ0v) is 13.4. The van der Waals surface area contributed by atoms with Crippen molar-refractivity contribution in [2.45, 2.75) is 46.1 Å². The Morgan fingerprint density at radius 1 is 1.33 bits per heavy atom. The second kappa shape index (κ2) is 9.40. The summed E-state index contributed by atoms with van der Waals surface area (Å²) in [6.45, 7) is 7.20. The third kappa shape index (κ3) is 6.63. The Balaban J connectivity index is 2.22. The Morgan fingerprint density at radius 3 is 2.67 bits per heavy atom. The third-order valence-corrected chi connectivity index (χ3v) is 3.78. The quantitative estimate of drug-likeness (QED) is 0.735. The number of nitrogens with one attached hydrogen (secondary N) is 1. The number of nitrogens with two attached hydrogens (primary N) is 1. The number of amides is 1. The van der Waals surface area contributed by atoms with Crippen molar-refractivity contribution in [2.75, 3.05) is 13.2 Å². The van der Waals surface area contributed by atoms with E-state index >= 15 is 0 Å². The maximum Gasteiger partial charge on any atom is 0.223 e. The second-order valence-corrected chi connectivity index (χ2v) is 5.46. The highest BCUT2D eigenvalue weighted by molar-refractivity contribution is 5.76. The van der Waals surface area contributed by atoms with Gasteiger partial charge in [-0.1, -0.05) is 38.8 Å². The summed E-state index contributed by atoms with van der Waals surface area (Å²) >= 11 is 0. The topological polar surface area (TPSA) is 64.3 Å². The summed E-state index contributed by atoms with van der Waals surface area (Å²) in [6, 6.07) is 7.84. The number of ether oxygens (including phenoxy) is 1. The molecule has 0 aliphatic carbocycles. The lowest BCUT2D eigenvalue weighted by Gasteiger charge is -2.21. The van der Waals surface area contributed by atoms with Crippen LogP contribution in [0.15, 0.2) is 24.3 Å². The van der Waals surface area contributed by atoms with Crippen molar-refractivity contribution in [2.24, 2.45) is 11.7 Å². The number of hydrogen-bond donors (Lipinski definition) is 2. The van der Waals surface area contributed by atoms with Gasteiger partial charge >= 0.3 is 0 Å². The van der Waals surface area contributed by atoms with Crippen molar-refractivity contribution in [1.82, 2.24) is 5.32 Å². The molecule has 0 spiro atoms. The molecule has 3 N–H and O–H groups in total. The van der Waals surface area contributed by atoms with Crippen LogP contribution in [0.25, 0.3) is 0 Å². The molecule has 0 bridgehead atoms. The van der Waals surface area contributed by atoms with Crippen LogP contribution in [0.3, 0.4) is 0 Å². The van der Waals surface area contributed by atoms with E-state index < -0.39 is 0 Å². The van der Waals surface area contributed by atoms with Crippen LogP contribution >= 0.6 is 0 Å². The third-order valence-electron chi connectivity index (χ3n) is 3.78. The molecule has 1 unspecified atom stereocenters. The number of carbonyl (C=O) groups excluding carboxylic acids is 1. The first-order valence-corrected chi connectivity index (χ1v) is 7.78. The predicted octanol–water partition coefficient (Wildman–Crippen LogP) is 2.64. The predicted molar refractivity (Wildman–Crippen MR) is 86.3 cm³/mol. The fourth-order valence-corrected chi connectivity index (χ4v) is 2.35. The lowest BCUT2D eigenvalue weighted by molar-refractivity contribution is -0.121. The Morgan fingerprint density at radius 2 is 2.05 bits per heavy atom. The summed E-state index contributed by atoms with van der Waals surface area (Å²) in [5, 5.41) is 2.89. The van der Waals surface area contributed by atoms with E-state index in [1.54, 1.807) is 0 Å². The number of hydrogen-bond acceptors (Lipinski definition) is 3. The van der Waals surface area contributed by atoms with Crippen LogP contribution in [0.5, 0.6) is 5.75 Å². The first-order valence-electron chi connectivity index (χ1n) is 7.78. The fourth-order valence-electron chi connectivity index (χ4n) is 2.35. The van der Waals surface area contributed by atoms with E-state index in [0.717, 1.165) is 24.2 Å². The lowest BCUT2D eigenvalue weighted by Crippen LogP contribution is -2.42. The van der Waals surface area contributed by atoms with E-state index in [-0.39, 0.29) is 11.9 Å². The molecule has 0 saturated carbocycles. The largest absolute Gasteiger partial charge is 0.493 e. The van der Waals surface area contributed by atoms with Gasteiger partial charge in [-0.2, -0.15) is 0 Å². The van der Waals surface area contributed by atoms with Crippen molar-refractivity contribution in [3.05, 3.63) is 29.8 Å². The molecule has 0 fully saturated rings. The number of carbonyl (C=O) groups is 1. The number of benzene rings is 1. The van der Waals surface area contributed by atoms with Crippen LogP contribution < -0.4 is 15.8 Å². The van der Waals surface area contributed by atoms with E-state index in [0.29, 0.717) is 25.5 Å². The van der Waals surface area contributed by atoms with Gasteiger partial charge in [0.1, 0.15) is 5.75 Å².